The standard InChI is InChI=1S/C22H14Cl2N2O4/c1-12-4-2-3-5-18(12)26-21(28)16(20(27)25-22(26)29)11-14-7-9-19(30-14)15-8-6-13(23)10-17(15)24/h2-11H,1H3,(H,25,27,29)/b16-11-. The second-order valence-corrected chi connectivity index (χ2v) is 7.41. The summed E-state index contributed by atoms with van der Waals surface area (Å²) in [7, 11) is 0. The van der Waals surface area contributed by atoms with Gasteiger partial charge in [0.05, 0.1) is 10.7 Å². The minimum Gasteiger partial charge on any atom is -0.457 e. The first kappa shape index (κ1) is 19.9. The summed E-state index contributed by atoms with van der Waals surface area (Å²) < 4.78 is 5.74. The number of amides is 4. The molecular weight excluding hydrogens is 427 g/mol. The summed E-state index contributed by atoms with van der Waals surface area (Å²) in [5, 5.41) is 3.08. The molecule has 0 radical (unpaired) electrons. The number of imide groups is 2. The predicted octanol–water partition coefficient (Wildman–Crippen LogP) is 5.23. The molecule has 1 saturated heterocycles. The van der Waals surface area contributed by atoms with Crippen LogP contribution in [0, 0.1) is 6.92 Å². The number of nitrogens with zero attached hydrogens (tertiary/aromatic N) is 1. The number of urea groups is 1. The van der Waals surface area contributed by atoms with Gasteiger partial charge in [-0.1, -0.05) is 41.4 Å². The lowest BCUT2D eigenvalue weighted by Crippen LogP contribution is -2.54. The monoisotopic (exact) mass is 440 g/mol. The Morgan fingerprint density at radius 2 is 1.77 bits per heavy atom. The maximum Gasteiger partial charge on any atom is 0.335 e. The van der Waals surface area contributed by atoms with Gasteiger partial charge in [-0.25, -0.2) is 9.69 Å². The second-order valence-electron chi connectivity index (χ2n) is 6.57. The maximum absolute atomic E-state index is 13.0. The predicted molar refractivity (Wildman–Crippen MR) is 114 cm³/mol. The van der Waals surface area contributed by atoms with Crippen LogP contribution in [-0.4, -0.2) is 17.8 Å². The maximum atomic E-state index is 13.0. The van der Waals surface area contributed by atoms with Gasteiger partial charge >= 0.3 is 6.03 Å². The lowest BCUT2D eigenvalue weighted by Gasteiger charge is -2.27. The molecule has 0 bridgehead atoms. The summed E-state index contributed by atoms with van der Waals surface area (Å²) in [6.45, 7) is 1.77. The molecule has 0 spiro atoms. The van der Waals surface area contributed by atoms with Gasteiger partial charge in [-0.15, -0.1) is 0 Å². The molecule has 8 heteroatoms. The number of anilines is 1. The summed E-state index contributed by atoms with van der Waals surface area (Å²) >= 11 is 12.1. The fraction of sp³-hybridized carbons (Fsp3) is 0.0455. The number of nitrogens with one attached hydrogen (secondary N) is 1. The largest absolute Gasteiger partial charge is 0.457 e. The zero-order chi connectivity index (χ0) is 21.4. The van der Waals surface area contributed by atoms with Gasteiger partial charge < -0.3 is 4.42 Å². The van der Waals surface area contributed by atoms with Crippen LogP contribution in [0.3, 0.4) is 0 Å². The van der Waals surface area contributed by atoms with E-state index in [-0.39, 0.29) is 11.3 Å². The second kappa shape index (κ2) is 7.82. The molecule has 0 aliphatic carbocycles. The Bertz CT molecular complexity index is 1230. The summed E-state index contributed by atoms with van der Waals surface area (Å²) in [4.78, 5) is 38.5. The van der Waals surface area contributed by atoms with Crippen molar-refractivity contribution in [3.05, 3.63) is 81.5 Å². The highest BCUT2D eigenvalue weighted by atomic mass is 35.5. The normalized spacial score (nSPS) is 15.6. The Kier molecular flexibility index (Phi) is 5.20. The van der Waals surface area contributed by atoms with E-state index in [0.29, 0.717) is 32.6 Å². The Morgan fingerprint density at radius 1 is 1.00 bits per heavy atom. The zero-order valence-electron chi connectivity index (χ0n) is 15.6. The highest BCUT2D eigenvalue weighted by Gasteiger charge is 2.37. The van der Waals surface area contributed by atoms with Gasteiger partial charge in [0, 0.05) is 10.6 Å². The summed E-state index contributed by atoms with van der Waals surface area (Å²) in [6, 6.07) is 14.3. The van der Waals surface area contributed by atoms with Crippen LogP contribution in [-0.2, 0) is 9.59 Å². The van der Waals surface area contributed by atoms with Crippen LogP contribution in [0.15, 0.2) is 64.6 Å². The van der Waals surface area contributed by atoms with E-state index in [1.165, 1.54) is 6.08 Å². The van der Waals surface area contributed by atoms with Crippen molar-refractivity contribution in [1.82, 2.24) is 5.32 Å². The van der Waals surface area contributed by atoms with Gasteiger partial charge in [-0.3, -0.25) is 14.9 Å². The lowest BCUT2D eigenvalue weighted by molar-refractivity contribution is -0.122. The van der Waals surface area contributed by atoms with Crippen LogP contribution in [0.5, 0.6) is 0 Å². The van der Waals surface area contributed by atoms with Crippen LogP contribution >= 0.6 is 23.2 Å². The minimum atomic E-state index is -0.801. The number of halogens is 2. The molecule has 0 saturated carbocycles. The van der Waals surface area contributed by atoms with Crippen LogP contribution < -0.4 is 10.2 Å². The third kappa shape index (κ3) is 3.63. The highest BCUT2D eigenvalue weighted by Crippen LogP contribution is 2.32. The first-order chi connectivity index (χ1) is 14.3. The van der Waals surface area contributed by atoms with E-state index in [0.717, 1.165) is 4.90 Å². The van der Waals surface area contributed by atoms with Gasteiger partial charge in [-0.05, 0) is 55.0 Å². The molecule has 0 unspecified atom stereocenters. The summed E-state index contributed by atoms with van der Waals surface area (Å²) in [6.07, 6.45) is 1.29. The fourth-order valence-electron chi connectivity index (χ4n) is 3.10. The number of hydrogen-bond acceptors (Lipinski definition) is 4. The van der Waals surface area contributed by atoms with Crippen molar-refractivity contribution in [3.63, 3.8) is 0 Å². The van der Waals surface area contributed by atoms with Gasteiger partial charge in [-0.2, -0.15) is 0 Å². The minimum absolute atomic E-state index is 0.221. The number of para-hydroxylation sites is 1. The fourth-order valence-corrected chi connectivity index (χ4v) is 3.60. The zero-order valence-corrected chi connectivity index (χ0v) is 17.1. The van der Waals surface area contributed by atoms with Gasteiger partial charge in [0.1, 0.15) is 17.1 Å². The van der Waals surface area contributed by atoms with Crippen molar-refractivity contribution in [2.45, 2.75) is 6.92 Å². The Labute approximate surface area is 181 Å². The Hall–Kier alpha value is -3.35. The lowest BCUT2D eigenvalue weighted by atomic mass is 10.1. The SMILES string of the molecule is Cc1ccccc1N1C(=O)NC(=O)/C(=C/c2ccc(-c3ccc(Cl)cc3Cl)o2)C1=O. The summed E-state index contributed by atoms with van der Waals surface area (Å²) in [5.41, 5.74) is 1.50. The molecular formula is C22H14Cl2N2O4. The molecule has 1 aromatic heterocycles. The van der Waals surface area contributed by atoms with E-state index >= 15 is 0 Å². The molecule has 1 aliphatic rings. The first-order valence-corrected chi connectivity index (χ1v) is 9.63. The molecule has 2 heterocycles. The Morgan fingerprint density at radius 3 is 2.50 bits per heavy atom. The van der Waals surface area contributed by atoms with E-state index < -0.39 is 17.8 Å². The molecule has 1 N–H and O–H groups in total. The van der Waals surface area contributed by atoms with Crippen molar-refractivity contribution >= 4 is 52.8 Å². The molecule has 1 aliphatic heterocycles. The number of carbonyl (C=O) groups excluding carboxylic acids is 3. The van der Waals surface area contributed by atoms with Crippen LogP contribution in [0.25, 0.3) is 17.4 Å². The molecule has 2 aromatic carbocycles. The van der Waals surface area contributed by atoms with Crippen molar-refractivity contribution in [2.75, 3.05) is 4.90 Å². The topological polar surface area (TPSA) is 79.6 Å². The summed E-state index contributed by atoms with van der Waals surface area (Å²) in [5.74, 6) is -0.828. The van der Waals surface area contributed by atoms with E-state index in [1.54, 1.807) is 61.5 Å². The van der Waals surface area contributed by atoms with Crippen molar-refractivity contribution in [3.8, 4) is 11.3 Å². The number of carbonyl (C=O) groups is 3. The van der Waals surface area contributed by atoms with E-state index in [9.17, 15) is 14.4 Å². The third-order valence-corrected chi connectivity index (χ3v) is 5.12. The number of aryl methyl sites for hydroxylation is 1. The molecule has 1 fully saturated rings. The molecule has 0 atom stereocenters. The van der Waals surface area contributed by atoms with Gasteiger partial charge in [0.2, 0.25) is 0 Å². The molecule has 30 heavy (non-hydrogen) atoms. The number of rotatable bonds is 3. The third-order valence-electron chi connectivity index (χ3n) is 4.57. The quantitative estimate of drug-likeness (QED) is 0.446. The smallest absolute Gasteiger partial charge is 0.335 e. The molecule has 4 rings (SSSR count). The number of benzene rings is 2. The van der Waals surface area contributed by atoms with Crippen molar-refractivity contribution in [2.24, 2.45) is 0 Å². The average molecular weight is 441 g/mol. The number of barbiturate groups is 1. The average Bonchev–Trinajstić information content (AvgIpc) is 3.15. The number of furan rings is 1. The van der Waals surface area contributed by atoms with Crippen molar-refractivity contribution in [1.29, 1.82) is 0 Å². The molecule has 6 nitrogen and oxygen atoms in total. The van der Waals surface area contributed by atoms with E-state index in [1.807, 2.05) is 0 Å². The molecule has 4 amide bonds. The van der Waals surface area contributed by atoms with Crippen LogP contribution in [0.4, 0.5) is 10.5 Å². The van der Waals surface area contributed by atoms with E-state index in [4.69, 9.17) is 27.6 Å². The van der Waals surface area contributed by atoms with E-state index in [2.05, 4.69) is 5.32 Å². The molecule has 3 aromatic rings. The van der Waals surface area contributed by atoms with Gasteiger partial charge in [0.25, 0.3) is 11.8 Å². The highest BCUT2D eigenvalue weighted by molar-refractivity contribution is 6.39. The first-order valence-electron chi connectivity index (χ1n) is 8.87. The van der Waals surface area contributed by atoms with Crippen LogP contribution in [0.2, 0.25) is 10.0 Å². The van der Waals surface area contributed by atoms with Gasteiger partial charge in [0.15, 0.2) is 0 Å². The Balaban J connectivity index is 1.70. The van der Waals surface area contributed by atoms with Crippen molar-refractivity contribution < 1.29 is 18.8 Å². The van der Waals surface area contributed by atoms with Crippen LogP contribution in [0.1, 0.15) is 11.3 Å². The number of hydrogen-bond donors (Lipinski definition) is 1. The molecule has 150 valence electrons.